The number of rotatable bonds is 4. The molecule has 0 aliphatic carbocycles. The Labute approximate surface area is 301 Å². The standard InChI is InChI=1S/C46H26N4OS/c1-2-12-30(13-3-1)46-47-37-23-25-39-41(42(37)51-46)40-36-26-31(21-20-29(36)22-24-38(40)52-39)43-48-44(34-18-8-14-27-10-4-6-16-32(27)34)50-45(49-43)35-19-9-15-28-11-5-7-17-33(28)35/h1-26H. The summed E-state index contributed by atoms with van der Waals surface area (Å²) in [6.07, 6.45) is 0. The lowest BCUT2D eigenvalue weighted by atomic mass is 10.0. The highest BCUT2D eigenvalue weighted by molar-refractivity contribution is 7.26. The highest BCUT2D eigenvalue weighted by Crippen LogP contribution is 2.44. The normalized spacial score (nSPS) is 11.8. The highest BCUT2D eigenvalue weighted by Gasteiger charge is 2.19. The molecule has 0 amide bonds. The molecule has 242 valence electrons. The fourth-order valence-electron chi connectivity index (χ4n) is 7.49. The van der Waals surface area contributed by atoms with Crippen LogP contribution < -0.4 is 0 Å². The van der Waals surface area contributed by atoms with E-state index in [0.29, 0.717) is 23.4 Å². The van der Waals surface area contributed by atoms with E-state index in [4.69, 9.17) is 24.4 Å². The SMILES string of the molecule is c1ccc(-c2nc3ccc4sc5ccc6ccc(-c7nc(-c8cccc9ccccc89)nc(-c8cccc9ccccc89)n7)cc6c5c4c3o2)cc1. The van der Waals surface area contributed by atoms with Crippen molar-refractivity contribution in [3.63, 3.8) is 0 Å². The van der Waals surface area contributed by atoms with E-state index in [1.165, 1.54) is 4.70 Å². The summed E-state index contributed by atoms with van der Waals surface area (Å²) < 4.78 is 8.91. The summed E-state index contributed by atoms with van der Waals surface area (Å²) >= 11 is 1.77. The molecule has 0 fully saturated rings. The second-order valence-electron chi connectivity index (χ2n) is 13.0. The van der Waals surface area contributed by atoms with Gasteiger partial charge < -0.3 is 4.42 Å². The van der Waals surface area contributed by atoms with Crippen molar-refractivity contribution < 1.29 is 4.42 Å². The van der Waals surface area contributed by atoms with Gasteiger partial charge in [-0.15, -0.1) is 11.3 Å². The smallest absolute Gasteiger partial charge is 0.227 e. The number of hydrogen-bond acceptors (Lipinski definition) is 6. The first-order valence-corrected chi connectivity index (χ1v) is 18.0. The molecule has 0 unspecified atom stereocenters. The van der Waals surface area contributed by atoms with Gasteiger partial charge in [0.05, 0.1) is 0 Å². The predicted molar refractivity (Wildman–Crippen MR) is 215 cm³/mol. The molecule has 6 heteroatoms. The van der Waals surface area contributed by atoms with Gasteiger partial charge in [-0.1, -0.05) is 121 Å². The maximum absolute atomic E-state index is 6.56. The van der Waals surface area contributed by atoms with Gasteiger partial charge in [-0.2, -0.15) is 0 Å². The second kappa shape index (κ2) is 11.4. The maximum atomic E-state index is 6.56. The molecule has 52 heavy (non-hydrogen) atoms. The van der Waals surface area contributed by atoms with Gasteiger partial charge in [0, 0.05) is 42.4 Å². The number of hydrogen-bond donors (Lipinski definition) is 0. The Kier molecular flexibility index (Phi) is 6.35. The summed E-state index contributed by atoms with van der Waals surface area (Å²) in [6.45, 7) is 0. The molecular formula is C46H26N4OS. The second-order valence-corrected chi connectivity index (χ2v) is 14.1. The van der Waals surface area contributed by atoms with Crippen LogP contribution >= 0.6 is 11.3 Å². The Morgan fingerprint density at radius 2 is 0.981 bits per heavy atom. The molecule has 5 nitrogen and oxygen atoms in total. The average Bonchev–Trinajstić information content (AvgIpc) is 3.83. The van der Waals surface area contributed by atoms with Crippen LogP contribution in [0.5, 0.6) is 0 Å². The van der Waals surface area contributed by atoms with Crippen LogP contribution in [0.4, 0.5) is 0 Å². The van der Waals surface area contributed by atoms with Crippen molar-refractivity contribution in [2.75, 3.05) is 0 Å². The molecular weight excluding hydrogens is 657 g/mol. The third-order valence-electron chi connectivity index (χ3n) is 9.95. The first-order valence-electron chi connectivity index (χ1n) is 17.2. The van der Waals surface area contributed by atoms with Gasteiger partial charge >= 0.3 is 0 Å². The van der Waals surface area contributed by atoms with Crippen LogP contribution in [0.25, 0.3) is 109 Å². The summed E-state index contributed by atoms with van der Waals surface area (Å²) in [7, 11) is 0. The third kappa shape index (κ3) is 4.55. The number of benzene rings is 8. The van der Waals surface area contributed by atoms with Gasteiger partial charge in [-0.3, -0.25) is 0 Å². The van der Waals surface area contributed by atoms with E-state index < -0.39 is 0 Å². The molecule has 0 radical (unpaired) electrons. The van der Waals surface area contributed by atoms with Gasteiger partial charge in [0.1, 0.15) is 5.52 Å². The van der Waals surface area contributed by atoms with Gasteiger partial charge in [-0.05, 0) is 68.7 Å². The Hall–Kier alpha value is -6.76. The van der Waals surface area contributed by atoms with Gasteiger partial charge in [0.25, 0.3) is 0 Å². The van der Waals surface area contributed by atoms with Crippen molar-refractivity contribution in [1.29, 1.82) is 0 Å². The minimum Gasteiger partial charge on any atom is -0.435 e. The summed E-state index contributed by atoms with van der Waals surface area (Å²) in [5.74, 6) is 2.52. The number of oxazole rings is 1. The quantitative estimate of drug-likeness (QED) is 0.185. The number of nitrogens with zero attached hydrogens (tertiary/aromatic N) is 4. The summed E-state index contributed by atoms with van der Waals surface area (Å²) in [4.78, 5) is 20.5. The van der Waals surface area contributed by atoms with Crippen LogP contribution in [-0.2, 0) is 0 Å². The molecule has 0 atom stereocenters. The highest BCUT2D eigenvalue weighted by atomic mass is 32.1. The molecule has 0 spiro atoms. The molecule has 0 saturated carbocycles. The molecule has 0 saturated heterocycles. The van der Waals surface area contributed by atoms with Crippen LogP contribution in [0.2, 0.25) is 0 Å². The van der Waals surface area contributed by atoms with Crippen LogP contribution in [0.15, 0.2) is 162 Å². The van der Waals surface area contributed by atoms with E-state index >= 15 is 0 Å². The van der Waals surface area contributed by atoms with E-state index in [0.717, 1.165) is 81.1 Å². The molecule has 3 heterocycles. The Balaban J connectivity index is 1.17. The monoisotopic (exact) mass is 682 g/mol. The predicted octanol–water partition coefficient (Wildman–Crippen LogP) is 12.5. The van der Waals surface area contributed by atoms with Crippen molar-refractivity contribution in [2.24, 2.45) is 0 Å². The van der Waals surface area contributed by atoms with Crippen molar-refractivity contribution in [3.05, 3.63) is 158 Å². The molecule has 0 aliphatic rings. The zero-order valence-electron chi connectivity index (χ0n) is 27.6. The Morgan fingerprint density at radius 3 is 1.71 bits per heavy atom. The summed E-state index contributed by atoms with van der Waals surface area (Å²) in [5.41, 5.74) is 5.46. The Morgan fingerprint density at radius 1 is 0.404 bits per heavy atom. The largest absolute Gasteiger partial charge is 0.435 e. The number of fused-ring (bicyclic) bond motifs is 9. The van der Waals surface area contributed by atoms with Crippen LogP contribution in [-0.4, -0.2) is 19.9 Å². The minimum atomic E-state index is 0.621. The van der Waals surface area contributed by atoms with E-state index in [-0.39, 0.29) is 0 Å². The van der Waals surface area contributed by atoms with Crippen molar-refractivity contribution >= 4 is 74.9 Å². The van der Waals surface area contributed by atoms with Gasteiger partial charge in [0.2, 0.25) is 5.89 Å². The molecule has 11 rings (SSSR count). The Bertz CT molecular complexity index is 3090. The maximum Gasteiger partial charge on any atom is 0.227 e. The van der Waals surface area contributed by atoms with Crippen molar-refractivity contribution in [3.8, 4) is 45.6 Å². The number of thiophene rings is 1. The average molecular weight is 683 g/mol. The van der Waals surface area contributed by atoms with Crippen LogP contribution in [0.3, 0.4) is 0 Å². The molecule has 0 N–H and O–H groups in total. The van der Waals surface area contributed by atoms with Gasteiger partial charge in [-0.25, -0.2) is 19.9 Å². The van der Waals surface area contributed by atoms with Crippen molar-refractivity contribution in [1.82, 2.24) is 19.9 Å². The van der Waals surface area contributed by atoms with Crippen molar-refractivity contribution in [2.45, 2.75) is 0 Å². The first-order chi connectivity index (χ1) is 25.7. The topological polar surface area (TPSA) is 64.7 Å². The minimum absolute atomic E-state index is 0.621. The van der Waals surface area contributed by atoms with Crippen LogP contribution in [0.1, 0.15) is 0 Å². The zero-order chi connectivity index (χ0) is 34.2. The lowest BCUT2D eigenvalue weighted by molar-refractivity contribution is 0.623. The summed E-state index contributed by atoms with van der Waals surface area (Å²) in [6, 6.07) is 54.6. The van der Waals surface area contributed by atoms with E-state index in [2.05, 4.69) is 127 Å². The lowest BCUT2D eigenvalue weighted by Crippen LogP contribution is -2.01. The van der Waals surface area contributed by atoms with E-state index in [1.54, 1.807) is 11.3 Å². The molecule has 11 aromatic rings. The summed E-state index contributed by atoms with van der Waals surface area (Å²) in [5, 5.41) is 8.96. The molecule has 3 aromatic heterocycles. The third-order valence-corrected chi connectivity index (χ3v) is 11.1. The number of aromatic nitrogens is 4. The van der Waals surface area contributed by atoms with Crippen LogP contribution in [0, 0.1) is 0 Å². The van der Waals surface area contributed by atoms with Gasteiger partial charge in [0.15, 0.2) is 23.1 Å². The lowest BCUT2D eigenvalue weighted by Gasteiger charge is -2.12. The molecule has 0 bridgehead atoms. The first kappa shape index (κ1) is 29.0. The van der Waals surface area contributed by atoms with E-state index in [1.807, 2.05) is 30.3 Å². The fraction of sp³-hybridized carbons (Fsp3) is 0. The van der Waals surface area contributed by atoms with E-state index in [9.17, 15) is 0 Å². The fourth-order valence-corrected chi connectivity index (χ4v) is 8.61. The zero-order valence-corrected chi connectivity index (χ0v) is 28.4. The molecule has 8 aromatic carbocycles. The molecule has 0 aliphatic heterocycles.